The highest BCUT2D eigenvalue weighted by atomic mass is 35.5. The molecule has 0 aliphatic carbocycles. The Balaban J connectivity index is 2.30. The van der Waals surface area contributed by atoms with Crippen LogP contribution in [0.2, 0.25) is 5.02 Å². The molecule has 1 N–H and O–H groups in total. The van der Waals surface area contributed by atoms with Crippen molar-refractivity contribution in [3.63, 3.8) is 0 Å². The second-order valence-corrected chi connectivity index (χ2v) is 5.03. The molecule has 0 atom stereocenters. The molecule has 0 aliphatic heterocycles. The molecule has 4 nitrogen and oxygen atoms in total. The maximum atomic E-state index is 10.7. The minimum Gasteiger partial charge on any atom is -0.385 e. The lowest BCUT2D eigenvalue weighted by Gasteiger charge is -2.06. The number of unbranched alkanes of at least 4 members (excludes halogenated alkanes) is 5. The number of nitrogens with one attached hydrogen (secondary N) is 1. The molecule has 0 spiro atoms. The van der Waals surface area contributed by atoms with Crippen molar-refractivity contribution in [3.8, 4) is 0 Å². The number of anilines is 1. The Labute approximate surface area is 119 Å². The average molecular weight is 285 g/mol. The van der Waals surface area contributed by atoms with Crippen LogP contribution in [0.25, 0.3) is 0 Å². The standard InChI is InChI=1S/C14H21ClN2O2/c1-2-3-4-5-6-7-10-16-12-8-9-13(15)14(11-12)17(18)19/h8-9,11,16H,2-7,10H2,1H3. The number of halogens is 1. The highest BCUT2D eigenvalue weighted by molar-refractivity contribution is 6.32. The predicted molar refractivity (Wildman–Crippen MR) is 80.0 cm³/mol. The van der Waals surface area contributed by atoms with Crippen molar-refractivity contribution >= 4 is 23.0 Å². The lowest BCUT2D eigenvalue weighted by Crippen LogP contribution is -2.02. The van der Waals surface area contributed by atoms with Gasteiger partial charge in [0, 0.05) is 18.3 Å². The number of rotatable bonds is 9. The molecular formula is C14H21ClN2O2. The van der Waals surface area contributed by atoms with Crippen molar-refractivity contribution < 1.29 is 4.92 Å². The van der Waals surface area contributed by atoms with Gasteiger partial charge in [0.05, 0.1) is 4.92 Å². The molecule has 0 saturated carbocycles. The Morgan fingerprint density at radius 2 is 1.89 bits per heavy atom. The van der Waals surface area contributed by atoms with Gasteiger partial charge in [-0.15, -0.1) is 0 Å². The van der Waals surface area contributed by atoms with Gasteiger partial charge in [-0.1, -0.05) is 50.6 Å². The van der Waals surface area contributed by atoms with Gasteiger partial charge < -0.3 is 5.32 Å². The molecule has 1 rings (SSSR count). The van der Waals surface area contributed by atoms with Gasteiger partial charge in [0.15, 0.2) is 0 Å². The highest BCUT2D eigenvalue weighted by Crippen LogP contribution is 2.27. The Bertz CT molecular complexity index is 410. The van der Waals surface area contributed by atoms with Gasteiger partial charge in [-0.3, -0.25) is 10.1 Å². The van der Waals surface area contributed by atoms with Crippen molar-refractivity contribution in [1.29, 1.82) is 0 Å². The molecule has 1 aromatic rings. The molecule has 0 heterocycles. The van der Waals surface area contributed by atoms with Gasteiger partial charge in [0.2, 0.25) is 0 Å². The van der Waals surface area contributed by atoms with Crippen LogP contribution in [-0.2, 0) is 0 Å². The van der Waals surface area contributed by atoms with Crippen molar-refractivity contribution in [2.45, 2.75) is 45.4 Å². The molecule has 0 aromatic heterocycles. The molecule has 1 aromatic carbocycles. The van der Waals surface area contributed by atoms with Crippen molar-refractivity contribution in [2.75, 3.05) is 11.9 Å². The van der Waals surface area contributed by atoms with Crippen LogP contribution in [0.15, 0.2) is 18.2 Å². The molecule has 0 bridgehead atoms. The molecule has 0 saturated heterocycles. The molecule has 5 heteroatoms. The second-order valence-electron chi connectivity index (χ2n) is 4.62. The first-order valence-corrected chi connectivity index (χ1v) is 7.20. The van der Waals surface area contributed by atoms with E-state index in [2.05, 4.69) is 12.2 Å². The highest BCUT2D eigenvalue weighted by Gasteiger charge is 2.12. The van der Waals surface area contributed by atoms with Gasteiger partial charge in [-0.25, -0.2) is 0 Å². The SMILES string of the molecule is CCCCCCCCNc1ccc(Cl)c([N+](=O)[O-])c1. The maximum Gasteiger partial charge on any atom is 0.289 e. The van der Waals surface area contributed by atoms with Crippen molar-refractivity contribution in [3.05, 3.63) is 33.3 Å². The first-order chi connectivity index (χ1) is 9.15. The summed E-state index contributed by atoms with van der Waals surface area (Å²) < 4.78 is 0. The molecule has 19 heavy (non-hydrogen) atoms. The largest absolute Gasteiger partial charge is 0.385 e. The van der Waals surface area contributed by atoms with E-state index in [9.17, 15) is 10.1 Å². The fourth-order valence-electron chi connectivity index (χ4n) is 1.90. The van der Waals surface area contributed by atoms with Crippen LogP contribution in [0.5, 0.6) is 0 Å². The summed E-state index contributed by atoms with van der Waals surface area (Å²) in [5.74, 6) is 0. The van der Waals surface area contributed by atoms with E-state index >= 15 is 0 Å². The summed E-state index contributed by atoms with van der Waals surface area (Å²) in [5.41, 5.74) is 0.708. The first-order valence-electron chi connectivity index (χ1n) is 6.83. The Hall–Kier alpha value is -1.29. The zero-order chi connectivity index (χ0) is 14.1. The van der Waals surface area contributed by atoms with Crippen molar-refractivity contribution in [2.24, 2.45) is 0 Å². The fraction of sp³-hybridized carbons (Fsp3) is 0.571. The van der Waals surface area contributed by atoms with Gasteiger partial charge >= 0.3 is 0 Å². The van der Waals surface area contributed by atoms with Gasteiger partial charge in [0.1, 0.15) is 5.02 Å². The van der Waals surface area contributed by atoms with Crippen LogP contribution >= 0.6 is 11.6 Å². The number of hydrogen-bond donors (Lipinski definition) is 1. The van der Waals surface area contributed by atoms with E-state index in [1.807, 2.05) is 0 Å². The lowest BCUT2D eigenvalue weighted by atomic mass is 10.1. The third kappa shape index (κ3) is 5.92. The van der Waals surface area contributed by atoms with E-state index in [1.165, 1.54) is 38.2 Å². The van der Waals surface area contributed by atoms with E-state index in [0.717, 1.165) is 18.7 Å². The lowest BCUT2D eigenvalue weighted by molar-refractivity contribution is -0.384. The van der Waals surface area contributed by atoms with E-state index < -0.39 is 4.92 Å². The maximum absolute atomic E-state index is 10.7. The topological polar surface area (TPSA) is 55.2 Å². The zero-order valence-electron chi connectivity index (χ0n) is 11.3. The first kappa shape index (κ1) is 15.8. The quantitative estimate of drug-likeness (QED) is 0.393. The number of nitrogens with zero attached hydrogens (tertiary/aromatic N) is 1. The Morgan fingerprint density at radius 1 is 1.21 bits per heavy atom. The Morgan fingerprint density at radius 3 is 2.58 bits per heavy atom. The van der Waals surface area contributed by atoms with Crippen LogP contribution < -0.4 is 5.32 Å². The molecule has 0 fully saturated rings. The number of nitro groups is 1. The molecule has 0 amide bonds. The van der Waals surface area contributed by atoms with Crippen LogP contribution in [0.1, 0.15) is 45.4 Å². The van der Waals surface area contributed by atoms with Crippen LogP contribution in [0.3, 0.4) is 0 Å². The minimum absolute atomic E-state index is 0.0467. The summed E-state index contributed by atoms with van der Waals surface area (Å²) in [6.07, 6.45) is 7.39. The fourth-order valence-corrected chi connectivity index (χ4v) is 2.09. The smallest absolute Gasteiger partial charge is 0.289 e. The van der Waals surface area contributed by atoms with Gasteiger partial charge in [-0.2, -0.15) is 0 Å². The third-order valence-electron chi connectivity index (χ3n) is 3.00. The number of hydrogen-bond acceptors (Lipinski definition) is 3. The third-order valence-corrected chi connectivity index (χ3v) is 3.32. The summed E-state index contributed by atoms with van der Waals surface area (Å²) in [5, 5.41) is 14.1. The number of benzene rings is 1. The molecule has 0 aliphatic rings. The predicted octanol–water partition coefficient (Wildman–Crippen LogP) is 5.02. The van der Waals surface area contributed by atoms with Crippen LogP contribution in [0, 0.1) is 10.1 Å². The van der Waals surface area contributed by atoms with Gasteiger partial charge in [-0.05, 0) is 18.6 Å². The van der Waals surface area contributed by atoms with Crippen LogP contribution in [-0.4, -0.2) is 11.5 Å². The monoisotopic (exact) mass is 284 g/mol. The minimum atomic E-state index is -0.460. The summed E-state index contributed by atoms with van der Waals surface area (Å²) in [7, 11) is 0. The van der Waals surface area contributed by atoms with Crippen molar-refractivity contribution in [1.82, 2.24) is 0 Å². The van der Waals surface area contributed by atoms with Crippen LogP contribution in [0.4, 0.5) is 11.4 Å². The van der Waals surface area contributed by atoms with E-state index in [-0.39, 0.29) is 10.7 Å². The number of nitro benzene ring substituents is 1. The van der Waals surface area contributed by atoms with E-state index in [0.29, 0.717) is 0 Å². The molecular weight excluding hydrogens is 264 g/mol. The summed E-state index contributed by atoms with van der Waals surface area (Å²) in [6.45, 7) is 3.04. The second kappa shape index (κ2) is 8.75. The summed E-state index contributed by atoms with van der Waals surface area (Å²) >= 11 is 5.75. The van der Waals surface area contributed by atoms with E-state index in [1.54, 1.807) is 12.1 Å². The summed E-state index contributed by atoms with van der Waals surface area (Å²) in [6, 6.07) is 4.81. The zero-order valence-corrected chi connectivity index (χ0v) is 12.1. The molecule has 106 valence electrons. The summed E-state index contributed by atoms with van der Waals surface area (Å²) in [4.78, 5) is 10.3. The molecule has 0 unspecified atom stereocenters. The van der Waals surface area contributed by atoms with E-state index in [4.69, 9.17) is 11.6 Å². The van der Waals surface area contributed by atoms with Gasteiger partial charge in [0.25, 0.3) is 5.69 Å². The average Bonchev–Trinajstić information content (AvgIpc) is 2.39. The normalized spacial score (nSPS) is 10.4. The Kier molecular flexibility index (Phi) is 7.26. The molecule has 0 radical (unpaired) electrons.